The molecule has 170 valence electrons. The van der Waals surface area contributed by atoms with E-state index in [9.17, 15) is 4.79 Å². The summed E-state index contributed by atoms with van der Waals surface area (Å²) in [5.41, 5.74) is 2.89. The molecule has 0 aliphatic carbocycles. The number of benzene rings is 2. The Hall–Kier alpha value is -2.77. The molecule has 3 heterocycles. The van der Waals surface area contributed by atoms with E-state index in [1.807, 2.05) is 13.0 Å². The summed E-state index contributed by atoms with van der Waals surface area (Å²) < 4.78 is 11.8. The number of likely N-dealkylation sites (tertiary alicyclic amines) is 1. The molecule has 5 rings (SSSR count). The Kier molecular flexibility index (Phi) is 5.47. The third-order valence-corrected chi connectivity index (χ3v) is 6.99. The zero-order valence-corrected chi connectivity index (χ0v) is 19.1. The molecule has 32 heavy (non-hydrogen) atoms. The van der Waals surface area contributed by atoms with Gasteiger partial charge in [0.2, 0.25) is 5.85 Å². The van der Waals surface area contributed by atoms with E-state index in [0.717, 1.165) is 47.6 Å². The van der Waals surface area contributed by atoms with Crippen molar-refractivity contribution in [3.05, 3.63) is 47.7 Å². The standard InChI is InChI=1S/C25H32N4O3/c1-25(32-16-18-8-6-11-28(18)2)26-22-15-29(12-10-21(22)24(30)27-25)23-14-19(31-3)13-17-7-4-5-9-20(17)23/h4-5,7,9,13-14,18,26H,6,8,10-12,15-16H2,1-3H3,(H,27,30)/t18-,25?/m0/s1. The third kappa shape index (κ3) is 3.91. The molecule has 7 heteroatoms. The summed E-state index contributed by atoms with van der Waals surface area (Å²) in [5.74, 6) is -0.100. The number of hydrogen-bond donors (Lipinski definition) is 2. The first-order valence-corrected chi connectivity index (χ1v) is 11.4. The van der Waals surface area contributed by atoms with Crippen LogP contribution in [0.5, 0.6) is 5.75 Å². The van der Waals surface area contributed by atoms with E-state index in [1.165, 1.54) is 11.8 Å². The molecule has 3 aliphatic rings. The van der Waals surface area contributed by atoms with Gasteiger partial charge in [-0.3, -0.25) is 4.79 Å². The summed E-state index contributed by atoms with van der Waals surface area (Å²) in [4.78, 5) is 17.6. The number of ether oxygens (including phenoxy) is 2. The number of fused-ring (bicyclic) bond motifs is 1. The number of methoxy groups -OCH3 is 1. The summed E-state index contributed by atoms with van der Waals surface area (Å²) in [6, 6.07) is 12.9. The lowest BCUT2D eigenvalue weighted by atomic mass is 9.99. The molecule has 1 unspecified atom stereocenters. The van der Waals surface area contributed by atoms with Crippen molar-refractivity contribution in [3.63, 3.8) is 0 Å². The number of rotatable bonds is 5. The van der Waals surface area contributed by atoms with Crippen LogP contribution in [0.25, 0.3) is 10.8 Å². The van der Waals surface area contributed by atoms with Crippen molar-refractivity contribution >= 4 is 22.4 Å². The Morgan fingerprint density at radius 2 is 2.03 bits per heavy atom. The van der Waals surface area contributed by atoms with Gasteiger partial charge in [0.15, 0.2) is 0 Å². The van der Waals surface area contributed by atoms with Gasteiger partial charge in [0.25, 0.3) is 5.91 Å². The highest BCUT2D eigenvalue weighted by Crippen LogP contribution is 2.35. The monoisotopic (exact) mass is 436 g/mol. The third-order valence-electron chi connectivity index (χ3n) is 6.99. The first-order valence-electron chi connectivity index (χ1n) is 11.4. The first-order chi connectivity index (χ1) is 15.5. The molecule has 0 spiro atoms. The summed E-state index contributed by atoms with van der Waals surface area (Å²) in [7, 11) is 3.83. The fourth-order valence-electron chi connectivity index (χ4n) is 5.11. The molecule has 2 aromatic carbocycles. The van der Waals surface area contributed by atoms with E-state index < -0.39 is 5.85 Å². The largest absolute Gasteiger partial charge is 0.497 e. The lowest BCUT2D eigenvalue weighted by molar-refractivity contribution is -0.137. The lowest BCUT2D eigenvalue weighted by Gasteiger charge is -2.43. The Morgan fingerprint density at radius 1 is 1.19 bits per heavy atom. The smallest absolute Gasteiger partial charge is 0.252 e. The van der Waals surface area contributed by atoms with Gasteiger partial charge in [-0.2, -0.15) is 0 Å². The minimum Gasteiger partial charge on any atom is -0.497 e. The van der Waals surface area contributed by atoms with Crippen LogP contribution >= 0.6 is 0 Å². The minimum absolute atomic E-state index is 0.0313. The van der Waals surface area contributed by atoms with Gasteiger partial charge in [-0.25, -0.2) is 0 Å². The van der Waals surface area contributed by atoms with E-state index in [4.69, 9.17) is 9.47 Å². The summed E-state index contributed by atoms with van der Waals surface area (Å²) in [6.45, 7) is 5.00. The molecule has 2 N–H and O–H groups in total. The van der Waals surface area contributed by atoms with Crippen LogP contribution in [0.15, 0.2) is 47.7 Å². The zero-order valence-electron chi connectivity index (χ0n) is 19.1. The number of amides is 1. The summed E-state index contributed by atoms with van der Waals surface area (Å²) in [5, 5.41) is 8.88. The highest BCUT2D eigenvalue weighted by molar-refractivity contribution is 5.98. The number of nitrogens with zero attached hydrogens (tertiary/aromatic N) is 2. The van der Waals surface area contributed by atoms with Crippen LogP contribution in [0.4, 0.5) is 5.69 Å². The van der Waals surface area contributed by atoms with Crippen molar-refractivity contribution in [2.24, 2.45) is 0 Å². The van der Waals surface area contributed by atoms with Crippen LogP contribution in [0.3, 0.4) is 0 Å². The number of likely N-dealkylation sites (N-methyl/N-ethyl adjacent to an activating group) is 1. The maximum absolute atomic E-state index is 12.9. The van der Waals surface area contributed by atoms with Crippen LogP contribution in [-0.4, -0.2) is 63.1 Å². The molecule has 0 aromatic heterocycles. The minimum atomic E-state index is -0.904. The van der Waals surface area contributed by atoms with Crippen molar-refractivity contribution in [2.45, 2.75) is 38.1 Å². The average Bonchev–Trinajstić information content (AvgIpc) is 3.21. The van der Waals surface area contributed by atoms with Crippen LogP contribution < -0.4 is 20.3 Å². The number of carbonyl (C=O) groups is 1. The van der Waals surface area contributed by atoms with Crippen molar-refractivity contribution < 1.29 is 14.3 Å². The van der Waals surface area contributed by atoms with Gasteiger partial charge in [-0.1, -0.05) is 24.3 Å². The molecule has 3 aliphatic heterocycles. The second-order valence-corrected chi connectivity index (χ2v) is 9.20. The molecule has 1 fully saturated rings. The number of hydrogen-bond acceptors (Lipinski definition) is 6. The molecular formula is C25H32N4O3. The molecule has 1 saturated heterocycles. The number of nitrogens with one attached hydrogen (secondary N) is 2. The van der Waals surface area contributed by atoms with Crippen LogP contribution in [-0.2, 0) is 9.53 Å². The van der Waals surface area contributed by atoms with Gasteiger partial charge < -0.3 is 29.9 Å². The Morgan fingerprint density at radius 3 is 2.81 bits per heavy atom. The predicted molar refractivity (Wildman–Crippen MR) is 126 cm³/mol. The second-order valence-electron chi connectivity index (χ2n) is 9.20. The van der Waals surface area contributed by atoms with Crippen molar-refractivity contribution in [2.75, 3.05) is 45.3 Å². The molecule has 1 amide bonds. The van der Waals surface area contributed by atoms with Gasteiger partial charge >= 0.3 is 0 Å². The van der Waals surface area contributed by atoms with E-state index in [2.05, 4.69) is 57.8 Å². The Bertz CT molecular complexity index is 1070. The molecule has 0 radical (unpaired) electrons. The second kappa shape index (κ2) is 8.30. The predicted octanol–water partition coefficient (Wildman–Crippen LogP) is 2.82. The average molecular weight is 437 g/mol. The molecule has 0 bridgehead atoms. The van der Waals surface area contributed by atoms with Crippen LogP contribution in [0, 0.1) is 0 Å². The van der Waals surface area contributed by atoms with Gasteiger partial charge in [-0.05, 0) is 44.3 Å². The van der Waals surface area contributed by atoms with Crippen molar-refractivity contribution in [1.82, 2.24) is 15.5 Å². The SMILES string of the molecule is COc1cc(N2CCC3=C(C2)NC(C)(OC[C@@H]2CCCN2C)NC3=O)c2ccccc2c1. The Labute approximate surface area is 189 Å². The lowest BCUT2D eigenvalue weighted by Crippen LogP contribution is -2.64. The van der Waals surface area contributed by atoms with E-state index in [-0.39, 0.29) is 5.91 Å². The number of carbonyl (C=O) groups excluding carboxylic acids is 1. The highest BCUT2D eigenvalue weighted by Gasteiger charge is 2.39. The molecular weight excluding hydrogens is 404 g/mol. The number of anilines is 1. The van der Waals surface area contributed by atoms with E-state index in [0.29, 0.717) is 25.6 Å². The van der Waals surface area contributed by atoms with Crippen molar-refractivity contribution in [3.8, 4) is 5.75 Å². The maximum atomic E-state index is 12.9. The summed E-state index contributed by atoms with van der Waals surface area (Å²) in [6.07, 6.45) is 3.01. The fourth-order valence-corrected chi connectivity index (χ4v) is 5.11. The highest BCUT2D eigenvalue weighted by atomic mass is 16.5. The van der Waals surface area contributed by atoms with Crippen LogP contribution in [0.1, 0.15) is 26.2 Å². The summed E-state index contributed by atoms with van der Waals surface area (Å²) >= 11 is 0. The van der Waals surface area contributed by atoms with E-state index in [1.54, 1.807) is 7.11 Å². The Balaban J connectivity index is 1.38. The van der Waals surface area contributed by atoms with Gasteiger partial charge in [0, 0.05) is 47.9 Å². The zero-order chi connectivity index (χ0) is 22.3. The van der Waals surface area contributed by atoms with Crippen LogP contribution in [0.2, 0.25) is 0 Å². The molecule has 0 saturated carbocycles. The van der Waals surface area contributed by atoms with Gasteiger partial charge in [0.1, 0.15) is 5.75 Å². The van der Waals surface area contributed by atoms with Crippen molar-refractivity contribution in [1.29, 1.82) is 0 Å². The first kappa shape index (κ1) is 21.1. The maximum Gasteiger partial charge on any atom is 0.252 e. The normalized spacial score (nSPS) is 26.2. The fraction of sp³-hybridized carbons (Fsp3) is 0.480. The topological polar surface area (TPSA) is 66.1 Å². The quantitative estimate of drug-likeness (QED) is 0.752. The van der Waals surface area contributed by atoms with E-state index >= 15 is 0 Å². The van der Waals surface area contributed by atoms with Gasteiger partial charge in [-0.15, -0.1) is 0 Å². The molecule has 2 aromatic rings. The van der Waals surface area contributed by atoms with Gasteiger partial charge in [0.05, 0.1) is 20.3 Å². The molecule has 7 nitrogen and oxygen atoms in total. The molecule has 2 atom stereocenters.